The maximum Gasteiger partial charge on any atom is 0.387 e. The second-order valence-electron chi connectivity index (χ2n) is 8.74. The van der Waals surface area contributed by atoms with Gasteiger partial charge in [0, 0.05) is 31.4 Å². The molecule has 3 amide bonds. The Hall–Kier alpha value is -2.79. The zero-order valence-electron chi connectivity index (χ0n) is 18.8. The molecule has 1 heterocycles. The number of amides is 3. The van der Waals surface area contributed by atoms with Gasteiger partial charge < -0.3 is 25.4 Å². The van der Waals surface area contributed by atoms with Crippen LogP contribution in [0.4, 0.5) is 20.2 Å². The van der Waals surface area contributed by atoms with Gasteiger partial charge in [-0.1, -0.05) is 13.8 Å². The molecule has 1 aliphatic heterocycles. The Morgan fingerprint density at radius 2 is 2.06 bits per heavy atom. The number of rotatable bonds is 11. The van der Waals surface area contributed by atoms with Crippen LogP contribution in [0.5, 0.6) is 5.75 Å². The van der Waals surface area contributed by atoms with Crippen LogP contribution in [-0.2, 0) is 19.1 Å². The van der Waals surface area contributed by atoms with E-state index in [9.17, 15) is 23.2 Å². The summed E-state index contributed by atoms with van der Waals surface area (Å²) in [4.78, 5) is 40.4. The van der Waals surface area contributed by atoms with Gasteiger partial charge >= 0.3 is 6.61 Å². The minimum Gasteiger partial charge on any atom is -0.433 e. The SMILES string of the molecule is CC(C)CN(CC1CC1)[C@H](C(N)=O)C(=O)Nc1ccc(N2CCOCC2=O)c(OC(F)F)c1. The Balaban J connectivity index is 1.82. The third-order valence-electron chi connectivity index (χ3n) is 5.39. The molecule has 1 aromatic rings. The van der Waals surface area contributed by atoms with Crippen molar-refractivity contribution >= 4 is 29.1 Å². The number of anilines is 2. The lowest BCUT2D eigenvalue weighted by Crippen LogP contribution is -2.53. The predicted octanol–water partition coefficient (Wildman–Crippen LogP) is 1.81. The number of hydrogen-bond acceptors (Lipinski definition) is 6. The van der Waals surface area contributed by atoms with Crippen molar-refractivity contribution in [3.05, 3.63) is 18.2 Å². The highest BCUT2D eigenvalue weighted by Crippen LogP contribution is 2.34. The molecule has 3 rings (SSSR count). The van der Waals surface area contributed by atoms with Gasteiger partial charge in [0.2, 0.25) is 5.91 Å². The number of halogens is 2. The molecule has 2 fully saturated rings. The van der Waals surface area contributed by atoms with Crippen LogP contribution in [0.25, 0.3) is 0 Å². The van der Waals surface area contributed by atoms with E-state index in [-0.39, 0.29) is 42.8 Å². The molecule has 0 unspecified atom stereocenters. The van der Waals surface area contributed by atoms with Crippen molar-refractivity contribution in [3.8, 4) is 5.75 Å². The van der Waals surface area contributed by atoms with Gasteiger partial charge in [0.15, 0.2) is 11.8 Å². The van der Waals surface area contributed by atoms with Crippen molar-refractivity contribution in [2.75, 3.05) is 43.1 Å². The molecule has 182 valence electrons. The van der Waals surface area contributed by atoms with Crippen molar-refractivity contribution < 1.29 is 32.6 Å². The quantitative estimate of drug-likeness (QED) is 0.479. The van der Waals surface area contributed by atoms with Crippen molar-refractivity contribution in [2.45, 2.75) is 39.3 Å². The maximum atomic E-state index is 13.0. The monoisotopic (exact) mass is 468 g/mol. The topological polar surface area (TPSA) is 114 Å². The molecule has 1 atom stereocenters. The fourth-order valence-corrected chi connectivity index (χ4v) is 3.85. The first-order valence-corrected chi connectivity index (χ1v) is 11.0. The van der Waals surface area contributed by atoms with Gasteiger partial charge in [0.1, 0.15) is 6.61 Å². The Bertz CT molecular complexity index is 874. The summed E-state index contributed by atoms with van der Waals surface area (Å²) in [6.07, 6.45) is 2.08. The maximum absolute atomic E-state index is 13.0. The van der Waals surface area contributed by atoms with E-state index in [1.54, 1.807) is 4.90 Å². The molecule has 1 aliphatic carbocycles. The first-order valence-electron chi connectivity index (χ1n) is 11.0. The van der Waals surface area contributed by atoms with Crippen molar-refractivity contribution in [1.29, 1.82) is 0 Å². The molecule has 3 N–H and O–H groups in total. The van der Waals surface area contributed by atoms with E-state index in [1.165, 1.54) is 23.1 Å². The van der Waals surface area contributed by atoms with Crippen LogP contribution >= 0.6 is 0 Å². The number of carbonyl (C=O) groups excluding carboxylic acids is 3. The van der Waals surface area contributed by atoms with Crippen LogP contribution in [0.3, 0.4) is 0 Å². The molecular formula is C22H30F2N4O5. The number of nitrogens with two attached hydrogens (primary N) is 1. The molecule has 0 radical (unpaired) electrons. The van der Waals surface area contributed by atoms with E-state index in [0.717, 1.165) is 12.8 Å². The summed E-state index contributed by atoms with van der Waals surface area (Å²) in [5.41, 5.74) is 5.86. The van der Waals surface area contributed by atoms with E-state index in [0.29, 0.717) is 19.0 Å². The number of benzene rings is 1. The lowest BCUT2D eigenvalue weighted by molar-refractivity contribution is -0.133. The van der Waals surface area contributed by atoms with E-state index in [2.05, 4.69) is 10.1 Å². The van der Waals surface area contributed by atoms with E-state index in [4.69, 9.17) is 10.5 Å². The predicted molar refractivity (Wildman–Crippen MR) is 117 cm³/mol. The van der Waals surface area contributed by atoms with Gasteiger partial charge in [-0.15, -0.1) is 0 Å². The molecule has 2 aliphatic rings. The highest BCUT2D eigenvalue weighted by atomic mass is 19.3. The number of nitrogens with one attached hydrogen (secondary N) is 1. The summed E-state index contributed by atoms with van der Waals surface area (Å²) in [5.74, 6) is -1.47. The summed E-state index contributed by atoms with van der Waals surface area (Å²) in [7, 11) is 0. The number of hydrogen-bond donors (Lipinski definition) is 2. The van der Waals surface area contributed by atoms with Gasteiger partial charge in [0.05, 0.1) is 12.3 Å². The molecule has 1 saturated heterocycles. The molecule has 1 aromatic carbocycles. The highest BCUT2D eigenvalue weighted by Gasteiger charge is 2.35. The molecule has 0 spiro atoms. The summed E-state index contributed by atoms with van der Waals surface area (Å²) in [6.45, 7) is 2.19. The van der Waals surface area contributed by atoms with Gasteiger partial charge in [-0.3, -0.25) is 19.3 Å². The average Bonchev–Trinajstić information content (AvgIpc) is 3.52. The third kappa shape index (κ3) is 6.84. The molecule has 0 aromatic heterocycles. The largest absolute Gasteiger partial charge is 0.433 e. The first-order chi connectivity index (χ1) is 15.7. The summed E-state index contributed by atoms with van der Waals surface area (Å²) >= 11 is 0. The first kappa shape index (κ1) is 24.8. The summed E-state index contributed by atoms with van der Waals surface area (Å²) in [5, 5.41) is 2.59. The highest BCUT2D eigenvalue weighted by molar-refractivity contribution is 6.09. The summed E-state index contributed by atoms with van der Waals surface area (Å²) < 4.78 is 35.8. The molecular weight excluding hydrogens is 438 g/mol. The molecule has 11 heteroatoms. The van der Waals surface area contributed by atoms with E-state index < -0.39 is 30.4 Å². The van der Waals surface area contributed by atoms with Crippen LogP contribution < -0.4 is 20.7 Å². The number of morpholine rings is 1. The van der Waals surface area contributed by atoms with Gasteiger partial charge in [-0.05, 0) is 36.8 Å². The lowest BCUT2D eigenvalue weighted by Gasteiger charge is -2.30. The van der Waals surface area contributed by atoms with Crippen LogP contribution in [0.15, 0.2) is 18.2 Å². The summed E-state index contributed by atoms with van der Waals surface area (Å²) in [6, 6.07) is 2.87. The molecule has 0 bridgehead atoms. The second kappa shape index (κ2) is 10.9. The standard InChI is InChI=1S/C22H30F2N4O5/c1-13(2)10-27(11-14-3-4-14)19(20(25)30)21(31)26-15-5-6-16(17(9-15)33-22(23)24)28-7-8-32-12-18(28)29/h5-6,9,13-14,19,22H,3-4,7-8,10-12H2,1-2H3,(H2,25,30)(H,26,31)/t19-/m1/s1. The lowest BCUT2D eigenvalue weighted by atomic mass is 10.1. The average molecular weight is 469 g/mol. The smallest absolute Gasteiger partial charge is 0.387 e. The van der Waals surface area contributed by atoms with Crippen molar-refractivity contribution in [3.63, 3.8) is 0 Å². The van der Waals surface area contributed by atoms with Crippen LogP contribution in [0, 0.1) is 11.8 Å². The molecule has 1 saturated carbocycles. The molecule has 33 heavy (non-hydrogen) atoms. The van der Waals surface area contributed by atoms with Crippen LogP contribution in [0.1, 0.15) is 26.7 Å². The Morgan fingerprint density at radius 1 is 1.33 bits per heavy atom. The van der Waals surface area contributed by atoms with Crippen LogP contribution in [-0.4, -0.2) is 68.1 Å². The van der Waals surface area contributed by atoms with Crippen molar-refractivity contribution in [1.82, 2.24) is 4.90 Å². The minimum absolute atomic E-state index is 0.141. The minimum atomic E-state index is -3.13. The molecule has 9 nitrogen and oxygen atoms in total. The zero-order valence-corrected chi connectivity index (χ0v) is 18.8. The Labute approximate surface area is 191 Å². The van der Waals surface area contributed by atoms with E-state index >= 15 is 0 Å². The number of nitrogens with zero attached hydrogens (tertiary/aromatic N) is 2. The fraction of sp³-hybridized carbons (Fsp3) is 0.591. The van der Waals surface area contributed by atoms with Crippen molar-refractivity contribution in [2.24, 2.45) is 17.6 Å². The normalized spacial score (nSPS) is 17.5. The number of alkyl halides is 2. The number of ether oxygens (including phenoxy) is 2. The fourth-order valence-electron chi connectivity index (χ4n) is 3.85. The van der Waals surface area contributed by atoms with Gasteiger partial charge in [-0.2, -0.15) is 8.78 Å². The number of carbonyl (C=O) groups is 3. The van der Waals surface area contributed by atoms with Gasteiger partial charge in [-0.25, -0.2) is 0 Å². The Morgan fingerprint density at radius 3 is 2.64 bits per heavy atom. The number of primary amides is 1. The third-order valence-corrected chi connectivity index (χ3v) is 5.39. The second-order valence-corrected chi connectivity index (χ2v) is 8.74. The van der Waals surface area contributed by atoms with Gasteiger partial charge in [0.25, 0.3) is 11.8 Å². The van der Waals surface area contributed by atoms with E-state index in [1.807, 2.05) is 13.8 Å². The zero-order chi connectivity index (χ0) is 24.1. The van der Waals surface area contributed by atoms with Crippen LogP contribution in [0.2, 0.25) is 0 Å². The Kier molecular flexibility index (Phi) is 8.20.